The molecule has 5 N–H and O–H groups in total. The van der Waals surface area contributed by atoms with Gasteiger partial charge in [-0.2, -0.15) is 0 Å². The van der Waals surface area contributed by atoms with Crippen LogP contribution in [-0.2, 0) is 4.74 Å². The van der Waals surface area contributed by atoms with Gasteiger partial charge in [-0.15, -0.1) is 0 Å². The molecule has 0 spiro atoms. The van der Waals surface area contributed by atoms with Crippen molar-refractivity contribution in [2.45, 2.75) is 31.8 Å². The van der Waals surface area contributed by atoms with Crippen molar-refractivity contribution in [3.8, 4) is 0 Å². The van der Waals surface area contributed by atoms with E-state index in [2.05, 4.69) is 0 Å². The maximum absolute atomic E-state index is 9.74. The average molecular weight is 203 g/mol. The Hall–Kier alpha value is -0.200. The van der Waals surface area contributed by atoms with Gasteiger partial charge < -0.3 is 21.3 Å². The van der Waals surface area contributed by atoms with Gasteiger partial charge in [-0.05, 0) is 19.8 Å². The summed E-state index contributed by atoms with van der Waals surface area (Å²) in [5.41, 5.74) is 10.4. The van der Waals surface area contributed by atoms with E-state index in [4.69, 9.17) is 16.2 Å². The van der Waals surface area contributed by atoms with E-state index in [0.29, 0.717) is 13.1 Å². The SMILES string of the molecule is CC(CN)(CN)OC(O)N1CCCC1. The minimum absolute atomic E-state index is 0.314. The predicted octanol–water partition coefficient (Wildman–Crippen LogP) is -0.949. The molecular formula is C9H21N3O2. The van der Waals surface area contributed by atoms with Crippen LogP contribution in [-0.4, -0.2) is 48.2 Å². The van der Waals surface area contributed by atoms with Gasteiger partial charge in [-0.1, -0.05) is 0 Å². The largest absolute Gasteiger partial charge is 0.356 e. The second-order valence-corrected chi connectivity index (χ2v) is 4.05. The summed E-state index contributed by atoms with van der Waals surface area (Å²) in [4.78, 5) is 1.89. The second-order valence-electron chi connectivity index (χ2n) is 4.05. The number of hydrogen-bond acceptors (Lipinski definition) is 5. The van der Waals surface area contributed by atoms with E-state index in [1.807, 2.05) is 11.8 Å². The Labute approximate surface area is 85.0 Å². The maximum Gasteiger partial charge on any atom is 0.216 e. The van der Waals surface area contributed by atoms with E-state index >= 15 is 0 Å². The van der Waals surface area contributed by atoms with Crippen LogP contribution in [0.1, 0.15) is 19.8 Å². The molecule has 1 aliphatic heterocycles. The fraction of sp³-hybridized carbons (Fsp3) is 1.00. The van der Waals surface area contributed by atoms with Gasteiger partial charge in [-0.3, -0.25) is 4.90 Å². The lowest BCUT2D eigenvalue weighted by atomic mass is 10.1. The molecule has 14 heavy (non-hydrogen) atoms. The number of hydrogen-bond donors (Lipinski definition) is 3. The van der Waals surface area contributed by atoms with Gasteiger partial charge in [-0.25, -0.2) is 0 Å². The van der Waals surface area contributed by atoms with E-state index in [9.17, 15) is 5.11 Å². The van der Waals surface area contributed by atoms with Crippen LogP contribution >= 0.6 is 0 Å². The summed E-state index contributed by atoms with van der Waals surface area (Å²) in [6.07, 6.45) is 1.36. The Bertz CT molecular complexity index is 167. The van der Waals surface area contributed by atoms with Crippen LogP contribution in [0.3, 0.4) is 0 Å². The van der Waals surface area contributed by atoms with Crippen molar-refractivity contribution in [1.82, 2.24) is 4.90 Å². The molecule has 0 aromatic heterocycles. The molecule has 1 unspecified atom stereocenters. The molecule has 0 aromatic rings. The molecule has 1 aliphatic rings. The maximum atomic E-state index is 9.74. The molecular weight excluding hydrogens is 182 g/mol. The zero-order valence-electron chi connectivity index (χ0n) is 8.78. The number of aliphatic hydroxyl groups excluding tert-OH is 1. The third kappa shape index (κ3) is 2.90. The van der Waals surface area contributed by atoms with Gasteiger partial charge in [0.25, 0.3) is 0 Å². The molecule has 5 nitrogen and oxygen atoms in total. The van der Waals surface area contributed by atoms with E-state index in [-0.39, 0.29) is 0 Å². The number of aliphatic hydroxyl groups is 1. The number of likely N-dealkylation sites (tertiary alicyclic amines) is 1. The first-order chi connectivity index (χ1) is 6.61. The lowest BCUT2D eigenvalue weighted by Gasteiger charge is -2.33. The van der Waals surface area contributed by atoms with Gasteiger partial charge in [0.05, 0.1) is 5.60 Å². The first-order valence-electron chi connectivity index (χ1n) is 5.11. The Morgan fingerprint density at radius 3 is 2.29 bits per heavy atom. The molecule has 1 atom stereocenters. The summed E-state index contributed by atoms with van der Waals surface area (Å²) in [6.45, 7) is 4.20. The highest BCUT2D eigenvalue weighted by Gasteiger charge is 2.29. The highest BCUT2D eigenvalue weighted by Crippen LogP contribution is 2.16. The zero-order valence-corrected chi connectivity index (χ0v) is 8.78. The van der Waals surface area contributed by atoms with Gasteiger partial charge in [0.15, 0.2) is 0 Å². The molecule has 1 fully saturated rings. The van der Waals surface area contributed by atoms with Crippen LogP contribution in [0.2, 0.25) is 0 Å². The van der Waals surface area contributed by atoms with Crippen molar-refractivity contribution < 1.29 is 9.84 Å². The van der Waals surface area contributed by atoms with Crippen LogP contribution in [0.5, 0.6) is 0 Å². The highest BCUT2D eigenvalue weighted by atomic mass is 16.6. The quantitative estimate of drug-likeness (QED) is 0.502. The van der Waals surface area contributed by atoms with Gasteiger partial charge in [0.2, 0.25) is 6.41 Å². The van der Waals surface area contributed by atoms with Crippen molar-refractivity contribution in [3.63, 3.8) is 0 Å². The van der Waals surface area contributed by atoms with Crippen molar-refractivity contribution in [1.29, 1.82) is 0 Å². The highest BCUT2D eigenvalue weighted by molar-refractivity contribution is 4.78. The molecule has 5 heteroatoms. The molecule has 84 valence electrons. The Balaban J connectivity index is 2.41. The fourth-order valence-electron chi connectivity index (χ4n) is 1.47. The number of ether oxygens (including phenoxy) is 1. The molecule has 0 aromatic carbocycles. The Morgan fingerprint density at radius 1 is 1.36 bits per heavy atom. The monoisotopic (exact) mass is 203 g/mol. The molecule has 0 aliphatic carbocycles. The summed E-state index contributed by atoms with van der Waals surface area (Å²) in [5, 5.41) is 9.74. The van der Waals surface area contributed by atoms with Crippen LogP contribution in [0.25, 0.3) is 0 Å². The minimum Gasteiger partial charge on any atom is -0.356 e. The van der Waals surface area contributed by atoms with Gasteiger partial charge >= 0.3 is 0 Å². The van der Waals surface area contributed by atoms with E-state index in [1.54, 1.807) is 0 Å². The lowest BCUT2D eigenvalue weighted by molar-refractivity contribution is -0.237. The summed E-state index contributed by atoms with van der Waals surface area (Å²) < 4.78 is 5.45. The number of nitrogens with zero attached hydrogens (tertiary/aromatic N) is 1. The summed E-state index contributed by atoms with van der Waals surface area (Å²) in [6, 6.07) is 0. The van der Waals surface area contributed by atoms with Crippen molar-refractivity contribution in [2.24, 2.45) is 11.5 Å². The van der Waals surface area contributed by atoms with Crippen molar-refractivity contribution in [3.05, 3.63) is 0 Å². The first-order valence-corrected chi connectivity index (χ1v) is 5.11. The molecule has 1 saturated heterocycles. The topological polar surface area (TPSA) is 84.7 Å². The molecule has 1 heterocycles. The van der Waals surface area contributed by atoms with E-state index < -0.39 is 12.0 Å². The van der Waals surface area contributed by atoms with Gasteiger partial charge in [0, 0.05) is 26.2 Å². The summed E-state index contributed by atoms with van der Waals surface area (Å²) in [5.74, 6) is 0. The predicted molar refractivity (Wildman–Crippen MR) is 54.4 cm³/mol. The van der Waals surface area contributed by atoms with Crippen LogP contribution < -0.4 is 11.5 Å². The van der Waals surface area contributed by atoms with E-state index in [0.717, 1.165) is 25.9 Å². The molecule has 0 radical (unpaired) electrons. The summed E-state index contributed by atoms with van der Waals surface area (Å²) in [7, 11) is 0. The molecule has 0 amide bonds. The van der Waals surface area contributed by atoms with Crippen molar-refractivity contribution >= 4 is 0 Å². The molecule has 1 rings (SSSR count). The number of rotatable bonds is 5. The third-order valence-corrected chi connectivity index (χ3v) is 2.71. The smallest absolute Gasteiger partial charge is 0.216 e. The van der Waals surface area contributed by atoms with Crippen molar-refractivity contribution in [2.75, 3.05) is 26.2 Å². The minimum atomic E-state index is -0.866. The normalized spacial score (nSPS) is 21.4. The van der Waals surface area contributed by atoms with Gasteiger partial charge in [0.1, 0.15) is 0 Å². The van der Waals surface area contributed by atoms with Crippen LogP contribution in [0.4, 0.5) is 0 Å². The zero-order chi connectivity index (χ0) is 10.6. The lowest BCUT2D eigenvalue weighted by Crippen LogP contribution is -2.50. The Morgan fingerprint density at radius 2 is 1.86 bits per heavy atom. The standard InChI is InChI=1S/C9H21N3O2/c1-9(6-10,7-11)14-8(13)12-4-2-3-5-12/h8,13H,2-7,10-11H2,1H3. The van der Waals surface area contributed by atoms with E-state index in [1.165, 1.54) is 0 Å². The molecule has 0 bridgehead atoms. The second kappa shape index (κ2) is 5.04. The van der Waals surface area contributed by atoms with Crippen LogP contribution in [0, 0.1) is 0 Å². The molecule has 0 saturated carbocycles. The Kier molecular flexibility index (Phi) is 4.28. The fourth-order valence-corrected chi connectivity index (χ4v) is 1.47. The average Bonchev–Trinajstić information content (AvgIpc) is 2.70. The summed E-state index contributed by atoms with van der Waals surface area (Å²) >= 11 is 0. The first kappa shape index (κ1) is 11.9. The third-order valence-electron chi connectivity index (χ3n) is 2.71. The number of nitrogens with two attached hydrogens (primary N) is 2. The van der Waals surface area contributed by atoms with Crippen LogP contribution in [0.15, 0.2) is 0 Å².